The van der Waals surface area contributed by atoms with Crippen molar-refractivity contribution < 1.29 is 0 Å². The molecule has 1 aliphatic rings. The molecule has 0 unspecified atom stereocenters. The molecule has 0 spiro atoms. The second kappa shape index (κ2) is 6.76. The predicted molar refractivity (Wildman–Crippen MR) is 85.0 cm³/mol. The number of thioether (sulfide) groups is 1. The molecule has 2 N–H and O–H groups in total. The molecular formula is C15H25N3OS. The van der Waals surface area contributed by atoms with E-state index in [0.717, 1.165) is 22.5 Å². The van der Waals surface area contributed by atoms with Crippen LogP contribution in [0.15, 0.2) is 10.9 Å². The molecule has 1 saturated carbocycles. The van der Waals surface area contributed by atoms with Gasteiger partial charge in [-0.05, 0) is 33.6 Å². The monoisotopic (exact) mass is 295 g/mol. The summed E-state index contributed by atoms with van der Waals surface area (Å²) in [6.07, 6.45) is 5.30. The van der Waals surface area contributed by atoms with E-state index in [1.807, 2.05) is 11.8 Å². The average Bonchev–Trinajstić information content (AvgIpc) is 2.86. The molecule has 1 aromatic heterocycles. The van der Waals surface area contributed by atoms with Gasteiger partial charge in [-0.2, -0.15) is 11.8 Å². The van der Waals surface area contributed by atoms with Gasteiger partial charge in [-0.3, -0.25) is 4.79 Å². The highest BCUT2D eigenvalue weighted by atomic mass is 32.2. The lowest BCUT2D eigenvalue weighted by atomic mass is 10.1. The maximum Gasteiger partial charge on any atom is 0.251 e. The number of aromatic nitrogens is 2. The molecule has 0 bridgehead atoms. The topological polar surface area (TPSA) is 57.8 Å². The lowest BCUT2D eigenvalue weighted by Gasteiger charge is -2.20. The van der Waals surface area contributed by atoms with Crippen LogP contribution >= 0.6 is 11.8 Å². The predicted octanol–water partition coefficient (Wildman–Crippen LogP) is 2.83. The Hall–Kier alpha value is -0.810. The van der Waals surface area contributed by atoms with E-state index in [4.69, 9.17) is 0 Å². The molecule has 4 nitrogen and oxygen atoms in total. The van der Waals surface area contributed by atoms with Crippen LogP contribution in [0.3, 0.4) is 0 Å². The lowest BCUT2D eigenvalue weighted by Crippen LogP contribution is -2.35. The minimum Gasteiger partial charge on any atom is -0.310 e. The summed E-state index contributed by atoms with van der Waals surface area (Å²) in [7, 11) is 0. The van der Waals surface area contributed by atoms with Crippen molar-refractivity contribution in [1.82, 2.24) is 15.3 Å². The molecular weight excluding hydrogens is 270 g/mol. The smallest absolute Gasteiger partial charge is 0.251 e. The SMILES string of the molecule is CC(C)(C)NCc1cc(=O)[nH]c(CSC2CCCC2)n1. The van der Waals surface area contributed by atoms with E-state index in [1.165, 1.54) is 25.7 Å². The molecule has 2 rings (SSSR count). The Labute approximate surface area is 125 Å². The fourth-order valence-corrected chi connectivity index (χ4v) is 3.53. The van der Waals surface area contributed by atoms with Gasteiger partial charge in [0.1, 0.15) is 5.82 Å². The van der Waals surface area contributed by atoms with Crippen molar-refractivity contribution in [2.75, 3.05) is 0 Å². The van der Waals surface area contributed by atoms with E-state index in [1.54, 1.807) is 6.07 Å². The van der Waals surface area contributed by atoms with Crippen LogP contribution in [-0.2, 0) is 12.3 Å². The van der Waals surface area contributed by atoms with Crippen molar-refractivity contribution in [2.45, 2.75) is 69.5 Å². The summed E-state index contributed by atoms with van der Waals surface area (Å²) < 4.78 is 0. The van der Waals surface area contributed by atoms with Crippen molar-refractivity contribution in [3.8, 4) is 0 Å². The highest BCUT2D eigenvalue weighted by Gasteiger charge is 2.16. The molecule has 20 heavy (non-hydrogen) atoms. The van der Waals surface area contributed by atoms with Crippen molar-refractivity contribution in [1.29, 1.82) is 0 Å². The molecule has 1 heterocycles. The fourth-order valence-electron chi connectivity index (χ4n) is 2.33. The van der Waals surface area contributed by atoms with Crippen molar-refractivity contribution in [2.24, 2.45) is 0 Å². The maximum atomic E-state index is 11.7. The first-order chi connectivity index (χ1) is 9.42. The number of aromatic amines is 1. The van der Waals surface area contributed by atoms with Crippen LogP contribution in [0, 0.1) is 0 Å². The van der Waals surface area contributed by atoms with Gasteiger partial charge in [0.2, 0.25) is 0 Å². The molecule has 0 atom stereocenters. The number of nitrogens with one attached hydrogen (secondary N) is 2. The summed E-state index contributed by atoms with van der Waals surface area (Å²) >= 11 is 1.93. The number of hydrogen-bond donors (Lipinski definition) is 2. The van der Waals surface area contributed by atoms with Crippen LogP contribution in [-0.4, -0.2) is 20.8 Å². The second-order valence-corrected chi connectivity index (χ2v) is 7.79. The van der Waals surface area contributed by atoms with Crippen LogP contribution in [0.4, 0.5) is 0 Å². The number of H-pyrrole nitrogens is 1. The third-order valence-corrected chi connectivity index (χ3v) is 4.78. The van der Waals surface area contributed by atoms with Crippen LogP contribution in [0.1, 0.15) is 58.0 Å². The van der Waals surface area contributed by atoms with Gasteiger partial charge in [0.05, 0.1) is 11.4 Å². The summed E-state index contributed by atoms with van der Waals surface area (Å²) in [5, 5.41) is 4.11. The summed E-state index contributed by atoms with van der Waals surface area (Å²) in [6, 6.07) is 1.59. The van der Waals surface area contributed by atoms with Gasteiger partial charge in [-0.1, -0.05) is 12.8 Å². The first kappa shape index (κ1) is 15.6. The zero-order valence-electron chi connectivity index (χ0n) is 12.7. The van der Waals surface area contributed by atoms with E-state index in [-0.39, 0.29) is 11.1 Å². The first-order valence-electron chi connectivity index (χ1n) is 7.38. The molecule has 112 valence electrons. The molecule has 0 aliphatic heterocycles. The van der Waals surface area contributed by atoms with Gasteiger partial charge in [0.25, 0.3) is 5.56 Å². The molecule has 1 aromatic rings. The molecule has 5 heteroatoms. The highest BCUT2D eigenvalue weighted by molar-refractivity contribution is 7.99. The Morgan fingerprint density at radius 3 is 2.75 bits per heavy atom. The van der Waals surface area contributed by atoms with Gasteiger partial charge in [-0.15, -0.1) is 0 Å². The third-order valence-electron chi connectivity index (χ3n) is 3.40. The zero-order chi connectivity index (χ0) is 14.6. The van der Waals surface area contributed by atoms with Crippen LogP contribution < -0.4 is 10.9 Å². The Bertz CT molecular complexity index is 487. The number of hydrogen-bond acceptors (Lipinski definition) is 4. The van der Waals surface area contributed by atoms with Crippen LogP contribution in [0.2, 0.25) is 0 Å². The Morgan fingerprint density at radius 1 is 1.40 bits per heavy atom. The average molecular weight is 295 g/mol. The standard InChI is InChI=1S/C15H25N3OS/c1-15(2,3)16-9-11-8-14(19)18-13(17-11)10-20-12-6-4-5-7-12/h8,12,16H,4-7,9-10H2,1-3H3,(H,17,18,19). The first-order valence-corrected chi connectivity index (χ1v) is 8.43. The Kier molecular flexibility index (Phi) is 5.27. The lowest BCUT2D eigenvalue weighted by molar-refractivity contribution is 0.420. The van der Waals surface area contributed by atoms with E-state index >= 15 is 0 Å². The Morgan fingerprint density at radius 2 is 2.10 bits per heavy atom. The molecule has 0 aromatic carbocycles. The summed E-state index contributed by atoms with van der Waals surface area (Å²) in [6.45, 7) is 6.96. The van der Waals surface area contributed by atoms with E-state index in [9.17, 15) is 4.79 Å². The van der Waals surface area contributed by atoms with E-state index < -0.39 is 0 Å². The molecule has 0 radical (unpaired) electrons. The van der Waals surface area contributed by atoms with E-state index in [0.29, 0.717) is 6.54 Å². The fraction of sp³-hybridized carbons (Fsp3) is 0.733. The molecule has 1 fully saturated rings. The quantitative estimate of drug-likeness (QED) is 0.877. The molecule has 0 saturated heterocycles. The van der Waals surface area contributed by atoms with Gasteiger partial charge in [0, 0.05) is 23.4 Å². The summed E-state index contributed by atoms with van der Waals surface area (Å²) in [5.41, 5.74) is 0.807. The Balaban J connectivity index is 1.95. The van der Waals surface area contributed by atoms with Crippen molar-refractivity contribution in [3.63, 3.8) is 0 Å². The number of nitrogens with zero attached hydrogens (tertiary/aromatic N) is 1. The molecule has 0 amide bonds. The van der Waals surface area contributed by atoms with Gasteiger partial charge < -0.3 is 10.3 Å². The van der Waals surface area contributed by atoms with Gasteiger partial charge in [0.15, 0.2) is 0 Å². The zero-order valence-corrected chi connectivity index (χ0v) is 13.5. The normalized spacial score (nSPS) is 16.8. The van der Waals surface area contributed by atoms with Crippen molar-refractivity contribution in [3.05, 3.63) is 27.9 Å². The summed E-state index contributed by atoms with van der Waals surface area (Å²) in [5.74, 6) is 1.61. The van der Waals surface area contributed by atoms with E-state index in [2.05, 4.69) is 36.1 Å². The largest absolute Gasteiger partial charge is 0.310 e. The minimum atomic E-state index is -0.0484. The second-order valence-electron chi connectivity index (χ2n) is 6.50. The van der Waals surface area contributed by atoms with Crippen LogP contribution in [0.5, 0.6) is 0 Å². The number of rotatable bonds is 5. The third kappa shape index (κ3) is 5.29. The molecule has 1 aliphatic carbocycles. The van der Waals surface area contributed by atoms with Crippen molar-refractivity contribution >= 4 is 11.8 Å². The summed E-state index contributed by atoms with van der Waals surface area (Å²) in [4.78, 5) is 19.1. The minimum absolute atomic E-state index is 0.0308. The van der Waals surface area contributed by atoms with Gasteiger partial charge in [-0.25, -0.2) is 4.98 Å². The highest BCUT2D eigenvalue weighted by Crippen LogP contribution is 2.30. The van der Waals surface area contributed by atoms with Crippen LogP contribution in [0.25, 0.3) is 0 Å². The van der Waals surface area contributed by atoms with Gasteiger partial charge >= 0.3 is 0 Å². The maximum absolute atomic E-state index is 11.7.